The fourth-order valence-electron chi connectivity index (χ4n) is 3.13. The summed E-state index contributed by atoms with van der Waals surface area (Å²) < 4.78 is 7.67. The highest BCUT2D eigenvalue weighted by atomic mass is 16.5. The zero-order chi connectivity index (χ0) is 18.8. The maximum atomic E-state index is 12.9. The van der Waals surface area contributed by atoms with Crippen molar-refractivity contribution in [1.29, 1.82) is 0 Å². The fraction of sp³-hybridized carbons (Fsp3) is 0.130. The molecule has 134 valence electrons. The van der Waals surface area contributed by atoms with Crippen molar-refractivity contribution >= 4 is 10.9 Å². The van der Waals surface area contributed by atoms with Gasteiger partial charge in [0.2, 0.25) is 0 Å². The molecule has 0 spiro atoms. The second-order valence-corrected chi connectivity index (χ2v) is 6.60. The summed E-state index contributed by atoms with van der Waals surface area (Å²) in [6.45, 7) is 4.52. The van der Waals surface area contributed by atoms with Crippen LogP contribution in [-0.2, 0) is 6.61 Å². The van der Waals surface area contributed by atoms with Crippen LogP contribution in [0, 0.1) is 13.8 Å². The van der Waals surface area contributed by atoms with Gasteiger partial charge in [0, 0.05) is 17.6 Å². The van der Waals surface area contributed by atoms with Crippen molar-refractivity contribution in [3.63, 3.8) is 0 Å². The predicted molar refractivity (Wildman–Crippen MR) is 108 cm³/mol. The number of nitrogens with zero attached hydrogens (tertiary/aromatic N) is 2. The zero-order valence-electron chi connectivity index (χ0n) is 15.3. The second-order valence-electron chi connectivity index (χ2n) is 6.60. The van der Waals surface area contributed by atoms with Gasteiger partial charge in [0.05, 0.1) is 5.52 Å². The SMILES string of the molecule is Cc1cc2c(OCc3ccccc3)cc(=O)n(-c3ccccn3)c2cc1C. The highest BCUT2D eigenvalue weighted by Gasteiger charge is 2.13. The minimum Gasteiger partial charge on any atom is -0.488 e. The number of pyridine rings is 2. The topological polar surface area (TPSA) is 44.1 Å². The first-order valence-corrected chi connectivity index (χ1v) is 8.88. The Hall–Kier alpha value is -3.40. The van der Waals surface area contributed by atoms with Crippen LogP contribution in [0.5, 0.6) is 5.75 Å². The van der Waals surface area contributed by atoms with Gasteiger partial charge in [0.25, 0.3) is 5.56 Å². The number of fused-ring (bicyclic) bond motifs is 1. The first-order valence-electron chi connectivity index (χ1n) is 8.88. The Balaban J connectivity index is 1.88. The maximum Gasteiger partial charge on any atom is 0.260 e. The summed E-state index contributed by atoms with van der Waals surface area (Å²) in [6, 6.07) is 21.1. The van der Waals surface area contributed by atoms with Crippen LogP contribution in [0.25, 0.3) is 16.7 Å². The van der Waals surface area contributed by atoms with Crippen LogP contribution in [-0.4, -0.2) is 9.55 Å². The monoisotopic (exact) mass is 356 g/mol. The van der Waals surface area contributed by atoms with Crippen molar-refractivity contribution in [2.45, 2.75) is 20.5 Å². The average Bonchev–Trinajstić information content (AvgIpc) is 2.69. The number of hydrogen-bond donors (Lipinski definition) is 0. The van der Waals surface area contributed by atoms with Gasteiger partial charge in [-0.25, -0.2) is 4.98 Å². The van der Waals surface area contributed by atoms with E-state index in [1.165, 1.54) is 0 Å². The normalized spacial score (nSPS) is 10.9. The molecule has 0 aliphatic rings. The first kappa shape index (κ1) is 17.0. The summed E-state index contributed by atoms with van der Waals surface area (Å²) in [7, 11) is 0. The number of hydrogen-bond acceptors (Lipinski definition) is 3. The lowest BCUT2D eigenvalue weighted by Crippen LogP contribution is -2.19. The fourth-order valence-corrected chi connectivity index (χ4v) is 3.13. The van der Waals surface area contributed by atoms with Crippen LogP contribution in [0.2, 0.25) is 0 Å². The van der Waals surface area contributed by atoms with Gasteiger partial charge in [0.15, 0.2) is 0 Å². The first-order chi connectivity index (χ1) is 13.1. The van der Waals surface area contributed by atoms with E-state index in [0.717, 1.165) is 27.6 Å². The molecule has 0 fully saturated rings. The smallest absolute Gasteiger partial charge is 0.260 e. The van der Waals surface area contributed by atoms with E-state index in [2.05, 4.69) is 18.0 Å². The van der Waals surface area contributed by atoms with E-state index in [-0.39, 0.29) is 5.56 Å². The summed E-state index contributed by atoms with van der Waals surface area (Å²) in [4.78, 5) is 17.3. The Bertz CT molecular complexity index is 1150. The third-order valence-electron chi connectivity index (χ3n) is 4.71. The van der Waals surface area contributed by atoms with Gasteiger partial charge >= 0.3 is 0 Å². The van der Waals surface area contributed by atoms with Gasteiger partial charge < -0.3 is 4.74 Å². The average molecular weight is 356 g/mol. The second kappa shape index (κ2) is 7.08. The lowest BCUT2D eigenvalue weighted by atomic mass is 10.1. The van der Waals surface area contributed by atoms with E-state index in [4.69, 9.17) is 4.74 Å². The summed E-state index contributed by atoms with van der Waals surface area (Å²) in [6.07, 6.45) is 1.69. The van der Waals surface area contributed by atoms with Gasteiger partial charge in [-0.05, 0) is 54.8 Å². The van der Waals surface area contributed by atoms with Gasteiger partial charge in [-0.1, -0.05) is 36.4 Å². The standard InChI is InChI=1S/C23H20N2O2/c1-16-12-19-20(13-17(16)2)25(22-10-6-7-11-24-22)23(26)14-21(19)27-15-18-8-4-3-5-9-18/h3-14H,15H2,1-2H3. The van der Waals surface area contributed by atoms with Gasteiger partial charge in [-0.2, -0.15) is 0 Å². The molecule has 2 heterocycles. The Morgan fingerprint density at radius 1 is 0.926 bits per heavy atom. The molecule has 0 saturated carbocycles. The molecule has 4 aromatic rings. The third-order valence-corrected chi connectivity index (χ3v) is 4.71. The molecule has 4 rings (SSSR count). The number of benzene rings is 2. The molecule has 0 amide bonds. The Morgan fingerprint density at radius 3 is 2.41 bits per heavy atom. The lowest BCUT2D eigenvalue weighted by Gasteiger charge is -2.15. The molecule has 27 heavy (non-hydrogen) atoms. The van der Waals surface area contributed by atoms with Crippen LogP contribution in [0.4, 0.5) is 0 Å². The largest absolute Gasteiger partial charge is 0.488 e. The van der Waals surface area contributed by atoms with Gasteiger partial charge in [0.1, 0.15) is 18.2 Å². The van der Waals surface area contributed by atoms with Crippen molar-refractivity contribution in [3.05, 3.63) is 100.0 Å². The molecule has 0 aliphatic heterocycles. The summed E-state index contributed by atoms with van der Waals surface area (Å²) in [5.41, 5.74) is 3.97. The molecule has 2 aromatic heterocycles. The summed E-state index contributed by atoms with van der Waals surface area (Å²) >= 11 is 0. The number of aryl methyl sites for hydroxylation is 2. The van der Waals surface area contributed by atoms with Crippen molar-refractivity contribution in [3.8, 4) is 11.6 Å². The van der Waals surface area contributed by atoms with Crippen molar-refractivity contribution in [2.24, 2.45) is 0 Å². The van der Waals surface area contributed by atoms with E-state index in [1.54, 1.807) is 16.8 Å². The van der Waals surface area contributed by atoms with Crippen LogP contribution in [0.3, 0.4) is 0 Å². The lowest BCUT2D eigenvalue weighted by molar-refractivity contribution is 0.309. The predicted octanol–water partition coefficient (Wildman–Crippen LogP) is 4.58. The van der Waals surface area contributed by atoms with Crippen LogP contribution in [0.15, 0.2) is 77.7 Å². The van der Waals surface area contributed by atoms with Crippen molar-refractivity contribution in [2.75, 3.05) is 0 Å². The van der Waals surface area contributed by atoms with Crippen LogP contribution in [0.1, 0.15) is 16.7 Å². The minimum absolute atomic E-state index is 0.160. The Morgan fingerprint density at radius 2 is 1.67 bits per heavy atom. The highest BCUT2D eigenvalue weighted by molar-refractivity contribution is 5.88. The van der Waals surface area contributed by atoms with Gasteiger partial charge in [-0.15, -0.1) is 0 Å². The number of aromatic nitrogens is 2. The Kier molecular flexibility index (Phi) is 4.47. The van der Waals surface area contributed by atoms with Crippen LogP contribution < -0.4 is 10.3 Å². The van der Waals surface area contributed by atoms with Crippen molar-refractivity contribution in [1.82, 2.24) is 9.55 Å². The molecule has 0 aliphatic carbocycles. The van der Waals surface area contributed by atoms with E-state index in [1.807, 2.05) is 61.5 Å². The molecule has 0 N–H and O–H groups in total. The number of rotatable bonds is 4. The highest BCUT2D eigenvalue weighted by Crippen LogP contribution is 2.28. The molecule has 0 radical (unpaired) electrons. The van der Waals surface area contributed by atoms with E-state index in [9.17, 15) is 4.79 Å². The molecule has 2 aromatic carbocycles. The summed E-state index contributed by atoms with van der Waals surface area (Å²) in [5.74, 6) is 1.19. The molecular formula is C23H20N2O2. The molecule has 4 heteroatoms. The van der Waals surface area contributed by atoms with Crippen molar-refractivity contribution < 1.29 is 4.74 Å². The molecule has 0 saturated heterocycles. The van der Waals surface area contributed by atoms with E-state index in [0.29, 0.717) is 18.2 Å². The quantitative estimate of drug-likeness (QED) is 0.537. The third kappa shape index (κ3) is 3.34. The number of ether oxygens (including phenoxy) is 1. The minimum atomic E-state index is -0.160. The van der Waals surface area contributed by atoms with E-state index < -0.39 is 0 Å². The zero-order valence-corrected chi connectivity index (χ0v) is 15.3. The Labute approximate surface area is 157 Å². The van der Waals surface area contributed by atoms with Gasteiger partial charge in [-0.3, -0.25) is 9.36 Å². The molecule has 4 nitrogen and oxygen atoms in total. The van der Waals surface area contributed by atoms with E-state index >= 15 is 0 Å². The molecule has 0 atom stereocenters. The molecule has 0 unspecified atom stereocenters. The maximum absolute atomic E-state index is 12.9. The van der Waals surface area contributed by atoms with Crippen LogP contribution >= 0.6 is 0 Å². The summed E-state index contributed by atoms with van der Waals surface area (Å²) in [5, 5.41) is 0.902. The molecular weight excluding hydrogens is 336 g/mol. The molecule has 0 bridgehead atoms.